The Kier molecular flexibility index (Phi) is 5.21. The zero-order chi connectivity index (χ0) is 19.3. The normalized spacial score (nSPS) is 20.2. The Morgan fingerprint density at radius 1 is 0.760 bits per heavy atom. The first-order valence-electron chi connectivity index (χ1n) is 9.19. The van der Waals surface area contributed by atoms with Gasteiger partial charge in [0, 0.05) is 16.6 Å². The lowest BCUT2D eigenvalue weighted by Gasteiger charge is -2.32. The summed E-state index contributed by atoms with van der Waals surface area (Å²) < 4.78 is 14.6. The number of hydrogen-bond donors (Lipinski definition) is 0. The van der Waals surface area contributed by atoms with Crippen molar-refractivity contribution in [1.82, 2.24) is 0 Å². The molecule has 0 amide bonds. The summed E-state index contributed by atoms with van der Waals surface area (Å²) in [4.78, 5) is 0. The Morgan fingerprint density at radius 2 is 1.12 bits per heavy atom. The van der Waals surface area contributed by atoms with Crippen LogP contribution in [0.2, 0.25) is 0 Å². The van der Waals surface area contributed by atoms with Crippen LogP contribution in [0.4, 0.5) is 0 Å². The van der Waals surface area contributed by atoms with Crippen molar-refractivity contribution in [3.8, 4) is 0 Å². The van der Waals surface area contributed by atoms with E-state index in [1.165, 1.54) is 16.6 Å². The van der Waals surface area contributed by atoms with E-state index in [0.29, 0.717) is 0 Å². The minimum atomic E-state index is -0.324. The first-order chi connectivity index (χ1) is 11.1. The van der Waals surface area contributed by atoms with Crippen LogP contribution < -0.4 is 5.46 Å². The zero-order valence-electron chi connectivity index (χ0n) is 17.9. The van der Waals surface area contributed by atoms with Gasteiger partial charge in [-0.2, -0.15) is 0 Å². The average Bonchev–Trinajstić information content (AvgIpc) is 2.53. The van der Waals surface area contributed by atoms with Crippen molar-refractivity contribution in [1.29, 1.82) is 0 Å². The van der Waals surface area contributed by atoms with Crippen LogP contribution in [0.25, 0.3) is 0 Å². The number of nitrogens with zero attached hydrogens (tertiary/aromatic N) is 2. The molecule has 1 aromatic rings. The zero-order valence-corrected chi connectivity index (χ0v) is 17.9. The van der Waals surface area contributed by atoms with Gasteiger partial charge in [-0.25, -0.2) is 0 Å². The van der Waals surface area contributed by atoms with Gasteiger partial charge >= 0.3 is 7.12 Å². The van der Waals surface area contributed by atoms with Crippen molar-refractivity contribution in [2.45, 2.75) is 52.0 Å². The fourth-order valence-corrected chi connectivity index (χ4v) is 3.23. The summed E-state index contributed by atoms with van der Waals surface area (Å²) >= 11 is 0. The highest BCUT2D eigenvalue weighted by atomic mass is 16.7. The molecule has 0 N–H and O–H groups in total. The molecule has 0 aliphatic carbocycles. The summed E-state index contributed by atoms with van der Waals surface area (Å²) in [6.07, 6.45) is 0. The van der Waals surface area contributed by atoms with Crippen LogP contribution in [-0.4, -0.2) is 69.6 Å². The summed E-state index contributed by atoms with van der Waals surface area (Å²) in [5, 5.41) is 0. The van der Waals surface area contributed by atoms with Gasteiger partial charge in [-0.1, -0.05) is 18.2 Å². The van der Waals surface area contributed by atoms with Gasteiger partial charge in [0.1, 0.15) is 13.1 Å². The van der Waals surface area contributed by atoms with Crippen LogP contribution in [0.3, 0.4) is 0 Å². The highest BCUT2D eigenvalue weighted by Gasteiger charge is 2.53. The van der Waals surface area contributed by atoms with Gasteiger partial charge in [0.15, 0.2) is 0 Å². The second-order valence-electron chi connectivity index (χ2n) is 10.5. The van der Waals surface area contributed by atoms with E-state index >= 15 is 0 Å². The SMILES string of the molecule is CC1(C)OB(c2c(C[N+](C)(C)C)cccc2C[N+](C)(C)C)OC1(C)C. The minimum absolute atomic E-state index is 0.311. The topological polar surface area (TPSA) is 18.5 Å². The van der Waals surface area contributed by atoms with Crippen molar-refractivity contribution in [2.75, 3.05) is 42.3 Å². The number of quaternary nitrogens is 2. The quantitative estimate of drug-likeness (QED) is 0.601. The van der Waals surface area contributed by atoms with Crippen molar-refractivity contribution < 1.29 is 18.3 Å². The molecule has 1 aromatic carbocycles. The largest absolute Gasteiger partial charge is 0.495 e. The van der Waals surface area contributed by atoms with Crippen LogP contribution in [0.5, 0.6) is 0 Å². The molecule has 0 spiro atoms. The second kappa shape index (κ2) is 6.38. The van der Waals surface area contributed by atoms with Crippen molar-refractivity contribution in [3.63, 3.8) is 0 Å². The number of benzene rings is 1. The molecule has 1 aliphatic heterocycles. The van der Waals surface area contributed by atoms with Crippen LogP contribution in [0.1, 0.15) is 38.8 Å². The molecule has 1 heterocycles. The van der Waals surface area contributed by atoms with E-state index in [0.717, 1.165) is 22.1 Å². The maximum Gasteiger partial charge on any atom is 0.495 e. The number of hydrogen-bond acceptors (Lipinski definition) is 2. The Bertz CT molecular complexity index is 577. The molecule has 1 saturated heterocycles. The van der Waals surface area contributed by atoms with E-state index in [4.69, 9.17) is 9.31 Å². The van der Waals surface area contributed by atoms with Gasteiger partial charge in [0.2, 0.25) is 0 Å². The fraction of sp³-hybridized carbons (Fsp3) is 0.700. The van der Waals surface area contributed by atoms with Crippen molar-refractivity contribution in [2.24, 2.45) is 0 Å². The van der Waals surface area contributed by atoms with E-state index < -0.39 is 0 Å². The first-order valence-corrected chi connectivity index (χ1v) is 9.19. The Balaban J connectivity index is 2.52. The molecule has 0 radical (unpaired) electrons. The highest BCUT2D eigenvalue weighted by Crippen LogP contribution is 2.37. The summed E-state index contributed by atoms with van der Waals surface area (Å²) in [7, 11) is 13.0. The van der Waals surface area contributed by atoms with Gasteiger partial charge in [-0.05, 0) is 27.7 Å². The van der Waals surface area contributed by atoms with Gasteiger partial charge in [0.05, 0.1) is 53.5 Å². The summed E-state index contributed by atoms with van der Waals surface area (Å²) in [6.45, 7) is 10.4. The van der Waals surface area contributed by atoms with Gasteiger partial charge in [-0.15, -0.1) is 0 Å². The van der Waals surface area contributed by atoms with Crippen LogP contribution >= 0.6 is 0 Å². The number of rotatable bonds is 5. The molecule has 2 rings (SSSR count). The molecular weight excluding hydrogens is 311 g/mol. The lowest BCUT2D eigenvalue weighted by molar-refractivity contribution is -0.884. The Labute approximate surface area is 155 Å². The van der Waals surface area contributed by atoms with Crippen molar-refractivity contribution >= 4 is 12.6 Å². The molecule has 140 valence electrons. The first kappa shape index (κ1) is 20.4. The van der Waals surface area contributed by atoms with E-state index in [9.17, 15) is 0 Å². The maximum absolute atomic E-state index is 6.42. The lowest BCUT2D eigenvalue weighted by Crippen LogP contribution is -2.45. The molecule has 0 atom stereocenters. The molecule has 5 heteroatoms. The standard InChI is InChI=1S/C20H37BN2O2/c1-19(2)20(3,4)25-21(24-19)18-16(14-22(5,6)7)12-11-13-17(18)15-23(8,9)10/h11-13H,14-15H2,1-10H3/q+2. The van der Waals surface area contributed by atoms with Gasteiger partial charge in [-0.3, -0.25) is 0 Å². The summed E-state index contributed by atoms with van der Waals surface area (Å²) in [6, 6.07) is 6.62. The molecule has 0 unspecified atom stereocenters. The highest BCUT2D eigenvalue weighted by molar-refractivity contribution is 6.63. The molecule has 0 aromatic heterocycles. The summed E-state index contributed by atoms with van der Waals surface area (Å²) in [5.74, 6) is 0. The third kappa shape index (κ3) is 4.85. The van der Waals surface area contributed by atoms with Crippen LogP contribution in [-0.2, 0) is 22.4 Å². The Hall–Kier alpha value is -0.875. The van der Waals surface area contributed by atoms with Gasteiger partial charge in [0.25, 0.3) is 0 Å². The third-order valence-corrected chi connectivity index (χ3v) is 5.07. The van der Waals surface area contributed by atoms with Crippen LogP contribution in [0, 0.1) is 0 Å². The molecular formula is C20H37BN2O2+2. The third-order valence-electron chi connectivity index (χ3n) is 5.07. The van der Waals surface area contributed by atoms with E-state index in [1.54, 1.807) is 0 Å². The van der Waals surface area contributed by atoms with E-state index in [2.05, 4.69) is 88.2 Å². The smallest absolute Gasteiger partial charge is 0.399 e. The van der Waals surface area contributed by atoms with E-state index in [-0.39, 0.29) is 18.3 Å². The molecule has 1 aliphatic rings. The van der Waals surface area contributed by atoms with Crippen LogP contribution in [0.15, 0.2) is 18.2 Å². The molecule has 4 nitrogen and oxygen atoms in total. The maximum atomic E-state index is 6.42. The predicted octanol–water partition coefficient (Wildman–Crippen LogP) is 2.40. The fourth-order valence-electron chi connectivity index (χ4n) is 3.23. The Morgan fingerprint density at radius 3 is 1.44 bits per heavy atom. The average molecular weight is 348 g/mol. The van der Waals surface area contributed by atoms with Crippen molar-refractivity contribution in [3.05, 3.63) is 29.3 Å². The molecule has 0 bridgehead atoms. The summed E-state index contributed by atoms with van der Waals surface area (Å²) in [5.41, 5.74) is 3.21. The molecule has 25 heavy (non-hydrogen) atoms. The molecule has 1 fully saturated rings. The molecule has 0 saturated carbocycles. The second-order valence-corrected chi connectivity index (χ2v) is 10.5. The lowest BCUT2D eigenvalue weighted by atomic mass is 9.72. The minimum Gasteiger partial charge on any atom is -0.399 e. The van der Waals surface area contributed by atoms with Gasteiger partial charge < -0.3 is 18.3 Å². The monoisotopic (exact) mass is 348 g/mol. The van der Waals surface area contributed by atoms with E-state index in [1.807, 2.05) is 0 Å². The predicted molar refractivity (Wildman–Crippen MR) is 106 cm³/mol.